The molecule has 0 atom stereocenters. The van der Waals surface area contributed by atoms with E-state index in [4.69, 9.17) is 22.1 Å². The number of phenolic OH excluding ortho intramolecular Hbond substituents is 1. The molecule has 36 heteroatoms. The second kappa shape index (κ2) is 27.7. The molecule has 0 bridgehead atoms. The van der Waals surface area contributed by atoms with E-state index in [0.29, 0.717) is 18.2 Å². The maximum Gasteiger partial charge on any atom is 1.00 e. The average molecular weight is 1260 g/mol. The van der Waals surface area contributed by atoms with Gasteiger partial charge in [-0.25, -0.2) is 33.7 Å². The van der Waals surface area contributed by atoms with Gasteiger partial charge in [0.05, 0.1) is 43.0 Å². The summed E-state index contributed by atoms with van der Waals surface area (Å²) >= 11 is 8.07. The molecule has 0 aliphatic rings. The van der Waals surface area contributed by atoms with Crippen LogP contribution in [-0.4, -0.2) is 80.3 Å². The fourth-order valence-electron chi connectivity index (χ4n) is 4.69. The minimum absolute atomic E-state index is 0. The van der Waals surface area contributed by atoms with Crippen molar-refractivity contribution >= 4 is 134 Å². The SMILES string of the molecule is Nc1c(S(=O)(=O)[O-])cc2cc(S(=O)(=O)[O-])cc(O)c2c1N=Nc1ccc(Nc2nc(Cl)nc(Nc3ccc(S(=O)(=O)CCOSOO[O-])cc3)n2)cc1S(=O)(=O)[O-].[3H][I-]I.[Na+].[Na+].[Na+].[Na+]. The van der Waals surface area contributed by atoms with Gasteiger partial charge in [0.2, 0.25) is 17.2 Å². The Morgan fingerprint density at radius 1 is 0.810 bits per heavy atom. The second-order valence-electron chi connectivity index (χ2n) is 10.8. The van der Waals surface area contributed by atoms with Crippen molar-refractivity contribution in [2.75, 3.05) is 28.7 Å². The number of nitrogens with two attached hydrogens (primary N) is 1. The molecule has 0 spiro atoms. The number of hydrogen-bond donors (Lipinski definition) is 4. The van der Waals surface area contributed by atoms with Gasteiger partial charge in [0, 0.05) is 11.4 Å². The summed E-state index contributed by atoms with van der Waals surface area (Å²) in [6.07, 6.45) is 0. The van der Waals surface area contributed by atoms with Crippen LogP contribution >= 0.6 is 42.5 Å². The van der Waals surface area contributed by atoms with Gasteiger partial charge in [-0.15, -0.1) is 14.6 Å². The first kappa shape index (κ1) is 61.6. The fourth-order valence-corrected chi connectivity index (χ4v) is 8.06. The smallest absolute Gasteiger partial charge is 1.00 e. The third-order valence-electron chi connectivity index (χ3n) is 7.08. The summed E-state index contributed by atoms with van der Waals surface area (Å²) < 4.78 is 147. The Kier molecular flexibility index (Phi) is 27.1. The number of anilines is 5. The molecule has 0 amide bonds. The van der Waals surface area contributed by atoms with Gasteiger partial charge in [-0.05, 0) is 77.7 Å². The molecule has 5 N–H and O–H groups in total. The predicted octanol–water partition coefficient (Wildman–Crippen LogP) is -12.2. The molecule has 320 valence electrons. The maximum absolute atomic E-state index is 12.5. The van der Waals surface area contributed by atoms with Crippen LogP contribution in [0.25, 0.3) is 10.8 Å². The zero-order valence-corrected chi connectivity index (χ0v) is 49.4. The summed E-state index contributed by atoms with van der Waals surface area (Å²) in [5.41, 5.74) is 3.64. The summed E-state index contributed by atoms with van der Waals surface area (Å²) in [6.45, 7) is -0.336. The van der Waals surface area contributed by atoms with Gasteiger partial charge in [0.1, 0.15) is 47.5 Å². The standard InChI is InChI=1S/C27H23ClN8O16S5.HI2.4Na/c28-25-32-26(30-14-1-4-16(5-2-14)54(39,40)8-7-50-53-52-51-38)34-27(33-25)31-15-3-6-18(20(11-15)56(44,45)46)35-36-24-22-13(10-21(23(24)29)57(47,48)49)9-17(12-19(22)37)55(41,42)43;1-2;;;;/h1-6,9-12,37-38H,7-8,29H2,(H,41,42,43)(H,44,45,46)(H,47,48,49)(H2,30,31,32,33,34);1H;;;;/q;-1;4*+1/p-4/i;1T;;;;. The molecule has 4 aromatic carbocycles. The van der Waals surface area contributed by atoms with Crippen LogP contribution in [-0.2, 0) is 53.7 Å². The van der Waals surface area contributed by atoms with E-state index in [-0.39, 0.29) is 189 Å². The van der Waals surface area contributed by atoms with Crippen molar-refractivity contribution in [3.63, 3.8) is 0 Å². The molecular formula is C27H20ClI2N8Na4O16S5-. The Hall–Kier alpha value is 0.570. The van der Waals surface area contributed by atoms with Crippen LogP contribution in [0.4, 0.5) is 40.3 Å². The summed E-state index contributed by atoms with van der Waals surface area (Å²) in [4.78, 5) is 8.60. The molecule has 1 heterocycles. The number of halogens is 3. The Bertz CT molecular complexity index is 2910. The van der Waals surface area contributed by atoms with Crippen LogP contribution in [0.15, 0.2) is 90.5 Å². The minimum atomic E-state index is -5.40. The van der Waals surface area contributed by atoms with Crippen molar-refractivity contribution in [2.45, 2.75) is 19.6 Å². The number of benzene rings is 4. The van der Waals surface area contributed by atoms with E-state index in [2.05, 4.69) is 63.8 Å². The summed E-state index contributed by atoms with van der Waals surface area (Å²) in [5, 5.41) is 34.7. The minimum Gasteiger partial charge on any atom is 1.00 e. The van der Waals surface area contributed by atoms with Crippen molar-refractivity contribution in [3.8, 4) is 5.75 Å². The number of azo groups is 1. The molecule has 0 unspecified atom stereocenters. The van der Waals surface area contributed by atoms with Gasteiger partial charge in [-0.2, -0.15) is 15.0 Å². The third kappa shape index (κ3) is 18.1. The number of fused-ring (bicyclic) bond motifs is 1. The van der Waals surface area contributed by atoms with Crippen molar-refractivity contribution in [3.05, 3.63) is 65.9 Å². The second-order valence-corrected chi connectivity index (χ2v) is 17.8. The van der Waals surface area contributed by atoms with Crippen molar-refractivity contribution < 1.29 is 208 Å². The number of nitrogens with one attached hydrogen (secondary N) is 2. The molecule has 1 aromatic heterocycles. The largest absolute Gasteiger partial charge is 1.00 e. The predicted molar refractivity (Wildman–Crippen MR) is 206 cm³/mol. The van der Waals surface area contributed by atoms with E-state index in [9.17, 15) is 57.7 Å². The zero-order chi connectivity index (χ0) is 44.6. The molecule has 5 aromatic rings. The van der Waals surface area contributed by atoms with Crippen LogP contribution in [0.1, 0.15) is 0 Å². The zero-order valence-electron chi connectivity index (χ0n) is 33.2. The number of phenols is 1. The molecule has 5 rings (SSSR count). The van der Waals surface area contributed by atoms with E-state index in [0.717, 1.165) is 18.2 Å². The Morgan fingerprint density at radius 2 is 1.37 bits per heavy atom. The number of rotatable bonds is 16. The summed E-state index contributed by atoms with van der Waals surface area (Å²) in [5.74, 6) is -1.92. The fraction of sp³-hybridized carbons (Fsp3) is 0.0741. The molecule has 0 radical (unpaired) electrons. The van der Waals surface area contributed by atoms with E-state index in [1.54, 1.807) is 0 Å². The van der Waals surface area contributed by atoms with Crippen molar-refractivity contribution in [1.82, 2.24) is 15.0 Å². The first-order valence-electron chi connectivity index (χ1n) is 15.1. The first-order valence-corrected chi connectivity index (χ1v) is 28.0. The van der Waals surface area contributed by atoms with E-state index in [1.807, 2.05) is 0 Å². The van der Waals surface area contributed by atoms with Crippen molar-refractivity contribution in [2.24, 2.45) is 10.2 Å². The van der Waals surface area contributed by atoms with E-state index in [1.165, 1.54) is 24.3 Å². The number of aromatic nitrogens is 3. The number of nitrogens with zero attached hydrogens (tertiary/aromatic N) is 5. The van der Waals surface area contributed by atoms with Gasteiger partial charge >= 0.3 is 156 Å². The average Bonchev–Trinajstić information content (AvgIpc) is 3.13. The van der Waals surface area contributed by atoms with Gasteiger partial charge in [-0.1, -0.05) is 0 Å². The molecule has 0 fully saturated rings. The molecule has 24 nitrogen and oxygen atoms in total. The van der Waals surface area contributed by atoms with Gasteiger partial charge in [-0.3, -0.25) is 9.22 Å². The normalized spacial score (nSPS) is 11.8. The number of nitrogen functional groups attached to an aromatic ring is 1. The topological polar surface area (TPSA) is 390 Å². The van der Waals surface area contributed by atoms with Gasteiger partial charge in [0.25, 0.3) is 0 Å². The van der Waals surface area contributed by atoms with Crippen molar-refractivity contribution in [1.29, 1.82) is 0.594 Å². The van der Waals surface area contributed by atoms with Crippen LogP contribution in [0.3, 0.4) is 0 Å². The third-order valence-corrected chi connectivity index (χ3v) is 11.9. The molecule has 0 aliphatic carbocycles. The van der Waals surface area contributed by atoms with Crippen LogP contribution in [0.2, 0.25) is 5.28 Å². The van der Waals surface area contributed by atoms with Crippen LogP contribution in [0.5, 0.6) is 5.75 Å². The Balaban J connectivity index is 0.00000551. The van der Waals surface area contributed by atoms with E-state index < -0.39 is 94.2 Å². The molecular weight excluding hydrogens is 1230 g/mol. The number of hydrogen-bond acceptors (Lipinski definition) is 25. The maximum atomic E-state index is 12.5. The molecule has 0 saturated carbocycles. The van der Waals surface area contributed by atoms with Crippen LogP contribution in [0, 0.1) is 0 Å². The monoisotopic (exact) mass is 1250 g/mol. The Labute approximate surface area is 479 Å². The van der Waals surface area contributed by atoms with Gasteiger partial charge < -0.3 is 40.4 Å². The molecule has 0 aliphatic heterocycles. The first-order chi connectivity index (χ1) is 28.0. The van der Waals surface area contributed by atoms with Gasteiger partial charge in [0.15, 0.2) is 22.2 Å². The number of sulfone groups is 1. The molecule has 63 heavy (non-hydrogen) atoms. The Morgan fingerprint density at radius 3 is 1.90 bits per heavy atom. The molecule has 0 saturated heterocycles. The summed E-state index contributed by atoms with van der Waals surface area (Å²) in [7, 11) is -19.8. The number of aromatic hydroxyl groups is 1. The van der Waals surface area contributed by atoms with E-state index >= 15 is 0 Å². The summed E-state index contributed by atoms with van der Waals surface area (Å²) in [6, 6.07) is 9.83. The quantitative estimate of drug-likeness (QED) is 0.00820. The van der Waals surface area contributed by atoms with Crippen LogP contribution < -0.4 is 158 Å².